The number of ether oxygens (including phenoxy) is 1. The van der Waals surface area contributed by atoms with E-state index in [0.717, 1.165) is 0 Å². The van der Waals surface area contributed by atoms with Gasteiger partial charge >= 0.3 is 0 Å². The zero-order valence-electron chi connectivity index (χ0n) is 8.57. The van der Waals surface area contributed by atoms with E-state index >= 15 is 0 Å². The number of hydrogen-bond donors (Lipinski definition) is 4. The Morgan fingerprint density at radius 1 is 1.31 bits per heavy atom. The Bertz CT molecular complexity index is 284. The van der Waals surface area contributed by atoms with Crippen molar-refractivity contribution < 1.29 is 29.5 Å². The van der Waals surface area contributed by atoms with E-state index in [9.17, 15) is 15.0 Å². The minimum absolute atomic E-state index is 0.368. The van der Waals surface area contributed by atoms with Crippen molar-refractivity contribution in [2.45, 2.75) is 43.8 Å². The first-order chi connectivity index (χ1) is 7.50. The lowest BCUT2D eigenvalue weighted by atomic mass is 9.96. The summed E-state index contributed by atoms with van der Waals surface area (Å²) in [6.07, 6.45) is -4.96. The van der Waals surface area contributed by atoms with Gasteiger partial charge in [0.15, 0.2) is 0 Å². The van der Waals surface area contributed by atoms with Crippen LogP contribution in [0.3, 0.4) is 0 Å². The standard InChI is InChI=1S/C8H14N2O6/c1-2(11)10-3-4(12)5(13)6(8-15-16-8)14-7(3)9/h3-8,12-13H,9H2,1H3,(H,10,11)/t3-,4-,5+,6+,7?/m1/s1. The molecule has 2 rings (SSSR count). The monoisotopic (exact) mass is 234 g/mol. The lowest BCUT2D eigenvalue weighted by Crippen LogP contribution is -2.66. The van der Waals surface area contributed by atoms with Gasteiger partial charge in [0.05, 0.1) is 6.04 Å². The third-order valence-corrected chi connectivity index (χ3v) is 2.57. The molecule has 0 bridgehead atoms. The van der Waals surface area contributed by atoms with Crippen molar-refractivity contribution in [1.29, 1.82) is 0 Å². The third kappa shape index (κ3) is 2.17. The molecule has 0 aromatic heterocycles. The van der Waals surface area contributed by atoms with Crippen molar-refractivity contribution in [3.8, 4) is 0 Å². The predicted molar refractivity (Wildman–Crippen MR) is 48.4 cm³/mol. The molecule has 2 saturated heterocycles. The average Bonchev–Trinajstić information content (AvgIpc) is 3.01. The van der Waals surface area contributed by atoms with Crippen molar-refractivity contribution >= 4 is 5.91 Å². The van der Waals surface area contributed by atoms with E-state index in [1.165, 1.54) is 6.92 Å². The molecular weight excluding hydrogens is 220 g/mol. The van der Waals surface area contributed by atoms with Gasteiger partial charge in [0, 0.05) is 6.92 Å². The Morgan fingerprint density at radius 3 is 2.44 bits per heavy atom. The Balaban J connectivity index is 2.04. The molecular formula is C8H14N2O6. The minimum Gasteiger partial charge on any atom is -0.388 e. The molecule has 8 heteroatoms. The van der Waals surface area contributed by atoms with E-state index in [0.29, 0.717) is 0 Å². The second kappa shape index (κ2) is 4.24. The summed E-state index contributed by atoms with van der Waals surface area (Å²) in [5.41, 5.74) is 5.62. The Labute approximate surface area is 91.2 Å². The Morgan fingerprint density at radius 2 is 1.94 bits per heavy atom. The minimum atomic E-state index is -1.23. The maximum atomic E-state index is 10.9. The summed E-state index contributed by atoms with van der Waals surface area (Å²) >= 11 is 0. The van der Waals surface area contributed by atoms with Crippen molar-refractivity contribution in [2.24, 2.45) is 5.73 Å². The zero-order chi connectivity index (χ0) is 11.9. The molecule has 92 valence electrons. The number of amides is 1. The SMILES string of the molecule is CC(=O)N[C@H]1C(N)O[C@H](C2OO2)[C@@H](O)[C@@H]1O. The molecule has 8 nitrogen and oxygen atoms in total. The highest BCUT2D eigenvalue weighted by Gasteiger charge is 2.52. The first-order valence-electron chi connectivity index (χ1n) is 4.87. The normalized spacial score (nSPS) is 44.1. The number of nitrogens with one attached hydrogen (secondary N) is 1. The Hall–Kier alpha value is -0.770. The highest BCUT2D eigenvalue weighted by molar-refractivity contribution is 5.73. The summed E-state index contributed by atoms with van der Waals surface area (Å²) in [7, 11) is 0. The summed E-state index contributed by atoms with van der Waals surface area (Å²) in [6.45, 7) is 1.28. The number of aliphatic hydroxyl groups excluding tert-OH is 2. The van der Waals surface area contributed by atoms with Crippen molar-refractivity contribution in [2.75, 3.05) is 0 Å². The second-order valence-corrected chi connectivity index (χ2v) is 3.83. The average molecular weight is 234 g/mol. The quantitative estimate of drug-likeness (QED) is 0.299. The summed E-state index contributed by atoms with van der Waals surface area (Å²) in [5, 5.41) is 21.9. The van der Waals surface area contributed by atoms with Crippen LogP contribution in [0.4, 0.5) is 0 Å². The van der Waals surface area contributed by atoms with E-state index in [1.54, 1.807) is 0 Å². The largest absolute Gasteiger partial charge is 0.388 e. The highest BCUT2D eigenvalue weighted by Crippen LogP contribution is 2.29. The second-order valence-electron chi connectivity index (χ2n) is 3.83. The lowest BCUT2D eigenvalue weighted by molar-refractivity contribution is -0.191. The summed E-state index contributed by atoms with van der Waals surface area (Å²) < 4.78 is 5.21. The molecule has 0 saturated carbocycles. The molecule has 0 radical (unpaired) electrons. The molecule has 2 aliphatic heterocycles. The molecule has 1 unspecified atom stereocenters. The molecule has 2 fully saturated rings. The molecule has 2 aliphatic rings. The topological polar surface area (TPSA) is 130 Å². The number of hydrogen-bond acceptors (Lipinski definition) is 7. The maximum Gasteiger partial charge on any atom is 0.253 e. The van der Waals surface area contributed by atoms with E-state index in [1.807, 2.05) is 0 Å². The molecule has 1 amide bonds. The van der Waals surface area contributed by atoms with Crippen LogP contribution < -0.4 is 11.1 Å². The molecule has 5 N–H and O–H groups in total. The van der Waals surface area contributed by atoms with Crippen LogP contribution in [0.2, 0.25) is 0 Å². The maximum absolute atomic E-state index is 10.9. The summed E-state index contributed by atoms with van der Waals surface area (Å²) in [4.78, 5) is 19.9. The van der Waals surface area contributed by atoms with Gasteiger partial charge in [-0.25, -0.2) is 0 Å². The van der Waals surface area contributed by atoms with E-state index in [4.69, 9.17) is 10.5 Å². The van der Waals surface area contributed by atoms with Gasteiger partial charge in [-0.05, 0) is 0 Å². The first-order valence-corrected chi connectivity index (χ1v) is 4.87. The summed E-state index contributed by atoms with van der Waals surface area (Å²) in [6, 6.07) is -0.859. The smallest absolute Gasteiger partial charge is 0.253 e. The number of carbonyl (C=O) groups is 1. The van der Waals surface area contributed by atoms with Crippen LogP contribution in [0.1, 0.15) is 6.92 Å². The highest BCUT2D eigenvalue weighted by atomic mass is 17.4. The van der Waals surface area contributed by atoms with Gasteiger partial charge < -0.3 is 26.0 Å². The Kier molecular flexibility index (Phi) is 3.10. The lowest BCUT2D eigenvalue weighted by Gasteiger charge is -2.40. The van der Waals surface area contributed by atoms with Gasteiger partial charge in [0.25, 0.3) is 6.29 Å². The van der Waals surface area contributed by atoms with Crippen LogP contribution in [-0.4, -0.2) is 53.0 Å². The molecule has 2 heterocycles. The van der Waals surface area contributed by atoms with Gasteiger partial charge in [-0.3, -0.25) is 4.79 Å². The first kappa shape index (κ1) is 11.7. The van der Waals surface area contributed by atoms with Gasteiger partial charge in [-0.2, -0.15) is 9.78 Å². The molecule has 0 spiro atoms. The predicted octanol–water partition coefficient (Wildman–Crippen LogP) is -2.82. The zero-order valence-corrected chi connectivity index (χ0v) is 8.57. The van der Waals surface area contributed by atoms with E-state index in [2.05, 4.69) is 15.1 Å². The van der Waals surface area contributed by atoms with Crippen molar-refractivity contribution in [1.82, 2.24) is 5.32 Å². The van der Waals surface area contributed by atoms with Crippen LogP contribution in [0, 0.1) is 0 Å². The van der Waals surface area contributed by atoms with Crippen LogP contribution in [0.25, 0.3) is 0 Å². The van der Waals surface area contributed by atoms with Gasteiger partial charge in [0.2, 0.25) is 5.91 Å². The third-order valence-electron chi connectivity index (χ3n) is 2.57. The molecule has 16 heavy (non-hydrogen) atoms. The summed E-state index contributed by atoms with van der Waals surface area (Å²) in [5.74, 6) is -0.368. The number of nitrogens with two attached hydrogens (primary N) is 1. The van der Waals surface area contributed by atoms with E-state index < -0.39 is 36.9 Å². The number of carbonyl (C=O) groups excluding carboxylic acids is 1. The van der Waals surface area contributed by atoms with Crippen molar-refractivity contribution in [3.63, 3.8) is 0 Å². The van der Waals surface area contributed by atoms with E-state index in [-0.39, 0.29) is 5.91 Å². The molecule has 0 aromatic rings. The van der Waals surface area contributed by atoms with Crippen LogP contribution in [0.15, 0.2) is 0 Å². The van der Waals surface area contributed by atoms with Crippen LogP contribution in [-0.2, 0) is 19.3 Å². The van der Waals surface area contributed by atoms with Crippen LogP contribution >= 0.6 is 0 Å². The number of aliphatic hydroxyl groups is 2. The van der Waals surface area contributed by atoms with Gasteiger partial charge in [0.1, 0.15) is 24.5 Å². The molecule has 0 aliphatic carbocycles. The fraction of sp³-hybridized carbons (Fsp3) is 0.875. The van der Waals surface area contributed by atoms with Crippen molar-refractivity contribution in [3.05, 3.63) is 0 Å². The van der Waals surface area contributed by atoms with Crippen LogP contribution in [0.5, 0.6) is 0 Å². The van der Waals surface area contributed by atoms with Gasteiger partial charge in [-0.1, -0.05) is 0 Å². The fourth-order valence-corrected chi connectivity index (χ4v) is 1.72. The number of rotatable bonds is 2. The fourth-order valence-electron chi connectivity index (χ4n) is 1.72. The molecule has 5 atom stereocenters. The molecule has 0 aromatic carbocycles. The van der Waals surface area contributed by atoms with Gasteiger partial charge in [-0.15, -0.1) is 0 Å².